The lowest BCUT2D eigenvalue weighted by Crippen LogP contribution is -2.21. The van der Waals surface area contributed by atoms with Crippen LogP contribution in [0, 0.1) is 0 Å². The summed E-state index contributed by atoms with van der Waals surface area (Å²) in [6.07, 6.45) is -1.28. The van der Waals surface area contributed by atoms with E-state index >= 15 is 0 Å². The molecule has 0 aliphatic carbocycles. The third-order valence-electron chi connectivity index (χ3n) is 2.88. The topological polar surface area (TPSA) is 29.1 Å². The predicted octanol–water partition coefficient (Wildman–Crippen LogP) is 4.83. The normalized spacial score (nSPS) is 12.4. The van der Waals surface area contributed by atoms with Gasteiger partial charge in [-0.15, -0.1) is 0 Å². The fraction of sp³-hybridized carbons (Fsp3) is 0.0556. The quantitative estimate of drug-likeness (QED) is 0.632. The van der Waals surface area contributed by atoms with Gasteiger partial charge in [-0.05, 0) is 23.8 Å². The lowest BCUT2D eigenvalue weighted by Gasteiger charge is -2.08. The van der Waals surface area contributed by atoms with Crippen LogP contribution in [0.2, 0.25) is 0 Å². The molecule has 0 spiro atoms. The molecule has 0 saturated carbocycles. The number of carbonyl (C=O) groups is 1. The first-order chi connectivity index (χ1) is 10.9. The van der Waals surface area contributed by atoms with Crippen molar-refractivity contribution in [2.24, 2.45) is 0 Å². The van der Waals surface area contributed by atoms with Crippen molar-refractivity contribution < 1.29 is 18.0 Å². The smallest absolute Gasteiger partial charge is 0.355 e. The number of hydrogen-bond acceptors (Lipinski definition) is 2. The molecular weight excluding hydrogens is 303 g/mol. The highest BCUT2D eigenvalue weighted by atomic mass is 19.4. The summed E-state index contributed by atoms with van der Waals surface area (Å²) >= 11 is 0. The average Bonchev–Trinajstić information content (AvgIpc) is 2.53. The lowest BCUT2D eigenvalue weighted by atomic mass is 10.2. The Balaban J connectivity index is 2.26. The van der Waals surface area contributed by atoms with Crippen molar-refractivity contribution in [3.63, 3.8) is 0 Å². The maximum absolute atomic E-state index is 12.5. The predicted molar refractivity (Wildman–Crippen MR) is 84.7 cm³/mol. The van der Waals surface area contributed by atoms with Crippen LogP contribution in [-0.2, 0) is 4.79 Å². The van der Waals surface area contributed by atoms with E-state index in [1.807, 2.05) is 30.3 Å². The first-order valence-corrected chi connectivity index (χ1v) is 6.83. The van der Waals surface area contributed by atoms with Crippen LogP contribution < -0.4 is 5.32 Å². The number of rotatable bonds is 5. The molecule has 1 N–H and O–H groups in total. The Labute approximate surface area is 132 Å². The lowest BCUT2D eigenvalue weighted by molar-refractivity contribution is -0.165. The molecule has 0 aliphatic rings. The number of halogens is 3. The number of carbonyl (C=O) groups excluding carboxylic acids is 1. The Bertz CT molecular complexity index is 704. The maximum atomic E-state index is 12.5. The van der Waals surface area contributed by atoms with Crippen LogP contribution in [0.25, 0.3) is 6.08 Å². The zero-order valence-corrected chi connectivity index (χ0v) is 12.0. The number of alkyl halides is 3. The van der Waals surface area contributed by atoms with E-state index in [1.165, 1.54) is 6.08 Å². The Kier molecular flexibility index (Phi) is 5.36. The fourth-order valence-corrected chi connectivity index (χ4v) is 1.79. The highest BCUT2D eigenvalue weighted by Crippen LogP contribution is 2.19. The van der Waals surface area contributed by atoms with E-state index in [0.717, 1.165) is 5.56 Å². The summed E-state index contributed by atoms with van der Waals surface area (Å²) in [5.41, 5.74) is 1.46. The van der Waals surface area contributed by atoms with E-state index < -0.39 is 12.0 Å². The van der Waals surface area contributed by atoms with Crippen molar-refractivity contribution in [2.75, 3.05) is 5.32 Å². The molecule has 0 aliphatic heterocycles. The second-order valence-electron chi connectivity index (χ2n) is 4.70. The molecule has 0 saturated heterocycles. The van der Waals surface area contributed by atoms with Gasteiger partial charge in [0, 0.05) is 17.5 Å². The second kappa shape index (κ2) is 7.45. The third-order valence-corrected chi connectivity index (χ3v) is 2.88. The molecule has 5 heteroatoms. The van der Waals surface area contributed by atoms with Gasteiger partial charge in [0.25, 0.3) is 5.78 Å². The van der Waals surface area contributed by atoms with Crippen molar-refractivity contribution >= 4 is 17.5 Å². The molecule has 0 bridgehead atoms. The molecule has 23 heavy (non-hydrogen) atoms. The molecule has 0 amide bonds. The summed E-state index contributed by atoms with van der Waals surface area (Å²) in [5.74, 6) is -1.91. The van der Waals surface area contributed by atoms with Crippen molar-refractivity contribution in [1.82, 2.24) is 0 Å². The fourth-order valence-electron chi connectivity index (χ4n) is 1.79. The molecule has 0 aromatic heterocycles. The van der Waals surface area contributed by atoms with Gasteiger partial charge < -0.3 is 5.32 Å². The van der Waals surface area contributed by atoms with E-state index in [-0.39, 0.29) is 5.70 Å². The summed E-state index contributed by atoms with van der Waals surface area (Å²) < 4.78 is 37.4. The Morgan fingerprint density at radius 3 is 2.04 bits per heavy atom. The molecule has 2 aromatic rings. The number of benzene rings is 2. The summed E-state index contributed by atoms with van der Waals surface area (Å²) in [7, 11) is 0. The zero-order valence-electron chi connectivity index (χ0n) is 12.0. The standard InChI is InChI=1S/C18H14F3NO/c19-18(20,21)17(23)13-16(22-15-9-5-2-6-10-15)12-11-14-7-3-1-4-8-14/h1-13,22H/b12-11+,16-13+. The van der Waals surface area contributed by atoms with Crippen LogP contribution in [0.4, 0.5) is 18.9 Å². The minimum absolute atomic E-state index is 0.0578. The van der Waals surface area contributed by atoms with E-state index in [4.69, 9.17) is 0 Å². The number of allylic oxidation sites excluding steroid dienone is 2. The number of anilines is 1. The monoisotopic (exact) mass is 317 g/mol. The molecular formula is C18H14F3NO. The van der Waals surface area contributed by atoms with Gasteiger partial charge >= 0.3 is 6.18 Å². The van der Waals surface area contributed by atoms with Gasteiger partial charge in [0.05, 0.1) is 0 Å². The molecule has 0 fully saturated rings. The highest BCUT2D eigenvalue weighted by molar-refractivity contribution is 5.96. The van der Waals surface area contributed by atoms with E-state index in [9.17, 15) is 18.0 Å². The first-order valence-electron chi connectivity index (χ1n) is 6.83. The highest BCUT2D eigenvalue weighted by Gasteiger charge is 2.36. The minimum atomic E-state index is -4.90. The molecule has 0 unspecified atom stereocenters. The Morgan fingerprint density at radius 2 is 1.48 bits per heavy atom. The molecule has 118 valence electrons. The number of hydrogen-bond donors (Lipinski definition) is 1. The molecule has 0 atom stereocenters. The largest absolute Gasteiger partial charge is 0.454 e. The Morgan fingerprint density at radius 1 is 0.913 bits per heavy atom. The van der Waals surface area contributed by atoms with Crippen LogP contribution in [0.5, 0.6) is 0 Å². The first kappa shape index (κ1) is 16.5. The van der Waals surface area contributed by atoms with Gasteiger partial charge in [-0.25, -0.2) is 0 Å². The van der Waals surface area contributed by atoms with Gasteiger partial charge in [0.1, 0.15) is 0 Å². The minimum Gasteiger partial charge on any atom is -0.355 e. The zero-order chi connectivity index (χ0) is 16.7. The molecule has 2 rings (SSSR count). The molecule has 0 radical (unpaired) electrons. The van der Waals surface area contributed by atoms with E-state index in [2.05, 4.69) is 5.32 Å². The van der Waals surface area contributed by atoms with E-state index in [1.54, 1.807) is 36.4 Å². The van der Waals surface area contributed by atoms with Gasteiger partial charge in [0.2, 0.25) is 0 Å². The van der Waals surface area contributed by atoms with Crippen LogP contribution in [0.3, 0.4) is 0 Å². The molecule has 2 aromatic carbocycles. The maximum Gasteiger partial charge on any atom is 0.454 e. The Hall–Kier alpha value is -2.82. The SMILES string of the molecule is O=C(/C=C(\C=C\c1ccccc1)Nc1ccccc1)C(F)(F)F. The number of para-hydroxylation sites is 1. The van der Waals surface area contributed by atoms with Gasteiger partial charge in [0.15, 0.2) is 0 Å². The molecule has 2 nitrogen and oxygen atoms in total. The summed E-state index contributed by atoms with van der Waals surface area (Å²) in [4.78, 5) is 11.2. The van der Waals surface area contributed by atoms with Crippen LogP contribution in [0.1, 0.15) is 5.56 Å². The summed E-state index contributed by atoms with van der Waals surface area (Å²) in [6.45, 7) is 0. The molecule has 0 heterocycles. The summed E-state index contributed by atoms with van der Waals surface area (Å²) in [6, 6.07) is 17.7. The van der Waals surface area contributed by atoms with Crippen molar-refractivity contribution in [1.29, 1.82) is 0 Å². The average molecular weight is 317 g/mol. The van der Waals surface area contributed by atoms with Crippen LogP contribution in [-0.4, -0.2) is 12.0 Å². The number of nitrogens with one attached hydrogen (secondary N) is 1. The third kappa shape index (κ3) is 5.47. The van der Waals surface area contributed by atoms with Crippen molar-refractivity contribution in [3.8, 4) is 0 Å². The van der Waals surface area contributed by atoms with Gasteiger partial charge in [-0.2, -0.15) is 13.2 Å². The van der Waals surface area contributed by atoms with E-state index in [0.29, 0.717) is 11.8 Å². The summed E-state index contributed by atoms with van der Waals surface area (Å²) in [5, 5.41) is 2.81. The van der Waals surface area contributed by atoms with Crippen molar-refractivity contribution in [3.05, 3.63) is 84.1 Å². The van der Waals surface area contributed by atoms with Crippen LogP contribution >= 0.6 is 0 Å². The number of ketones is 1. The van der Waals surface area contributed by atoms with Crippen molar-refractivity contribution in [2.45, 2.75) is 6.18 Å². The second-order valence-corrected chi connectivity index (χ2v) is 4.70. The van der Waals surface area contributed by atoms with Gasteiger partial charge in [-0.1, -0.05) is 54.6 Å². The van der Waals surface area contributed by atoms with Gasteiger partial charge in [-0.3, -0.25) is 4.79 Å². The van der Waals surface area contributed by atoms with Crippen LogP contribution in [0.15, 0.2) is 78.5 Å².